The minimum atomic E-state index is -4.55. The predicted molar refractivity (Wildman–Crippen MR) is 65.1 cm³/mol. The van der Waals surface area contributed by atoms with E-state index in [1.165, 1.54) is 0 Å². The van der Waals surface area contributed by atoms with Gasteiger partial charge in [-0.2, -0.15) is 18.3 Å². The first-order valence-corrected chi connectivity index (χ1v) is 6.36. The second-order valence-electron chi connectivity index (χ2n) is 3.99. The fourth-order valence-electron chi connectivity index (χ4n) is 1.38. The molecule has 0 fully saturated rings. The average Bonchev–Trinajstić information content (AvgIpc) is 2.95. The molecule has 0 atom stereocenters. The molecule has 2 aromatic heterocycles. The maximum absolute atomic E-state index is 12.3. The number of anilines is 1. The van der Waals surface area contributed by atoms with E-state index in [9.17, 15) is 18.0 Å². The highest BCUT2D eigenvalue weighted by Crippen LogP contribution is 2.32. The Bertz CT molecular complexity index is 606. The van der Waals surface area contributed by atoms with Crippen molar-refractivity contribution in [3.05, 3.63) is 23.0 Å². The van der Waals surface area contributed by atoms with Crippen molar-refractivity contribution in [2.24, 2.45) is 0 Å². The number of aromatic nitrogens is 4. The van der Waals surface area contributed by atoms with Crippen molar-refractivity contribution in [2.75, 3.05) is 5.32 Å². The summed E-state index contributed by atoms with van der Waals surface area (Å²) in [6, 6.07) is 0. The highest BCUT2D eigenvalue weighted by atomic mass is 32.1. The summed E-state index contributed by atoms with van der Waals surface area (Å²) in [5.41, 5.74) is 0.962. The van der Waals surface area contributed by atoms with E-state index >= 15 is 0 Å². The largest absolute Gasteiger partial charge is 0.445 e. The molecule has 10 heteroatoms. The summed E-state index contributed by atoms with van der Waals surface area (Å²) in [6.07, 6.45) is -1.05. The highest BCUT2D eigenvalue weighted by molar-refractivity contribution is 7.15. The molecule has 2 rings (SSSR count). The summed E-state index contributed by atoms with van der Waals surface area (Å²) in [5, 5.41) is 11.3. The molecule has 0 saturated carbocycles. The summed E-state index contributed by atoms with van der Waals surface area (Å²) in [6.45, 7) is 2.20. The van der Waals surface area contributed by atoms with Gasteiger partial charge in [-0.3, -0.25) is 9.48 Å². The van der Waals surface area contributed by atoms with Crippen LogP contribution in [-0.2, 0) is 17.5 Å². The van der Waals surface area contributed by atoms with Crippen molar-refractivity contribution in [1.29, 1.82) is 0 Å². The van der Waals surface area contributed by atoms with Gasteiger partial charge >= 0.3 is 6.18 Å². The van der Waals surface area contributed by atoms with E-state index in [1.807, 2.05) is 6.92 Å². The third-order valence-electron chi connectivity index (χ3n) is 2.24. The van der Waals surface area contributed by atoms with Gasteiger partial charge in [0.1, 0.15) is 0 Å². The number of hydrogen-bond donors (Lipinski definition) is 1. The summed E-state index contributed by atoms with van der Waals surface area (Å²) in [7, 11) is 0. The van der Waals surface area contributed by atoms with Crippen LogP contribution in [0.5, 0.6) is 0 Å². The zero-order chi connectivity index (χ0) is 14.8. The van der Waals surface area contributed by atoms with Gasteiger partial charge in [0.25, 0.3) is 0 Å². The molecule has 108 valence electrons. The number of alkyl halides is 3. The van der Waals surface area contributed by atoms with Gasteiger partial charge in [-0.25, -0.2) is 0 Å². The monoisotopic (exact) mass is 305 g/mol. The number of rotatable bonds is 4. The zero-order valence-electron chi connectivity index (χ0n) is 10.3. The Morgan fingerprint density at radius 1 is 1.45 bits per heavy atom. The lowest BCUT2D eigenvalue weighted by molar-refractivity contribution is -0.138. The minimum absolute atomic E-state index is 0.0854. The Kier molecular flexibility index (Phi) is 4.02. The van der Waals surface area contributed by atoms with Crippen LogP contribution in [0.1, 0.15) is 17.0 Å². The molecule has 0 aliphatic heterocycles. The van der Waals surface area contributed by atoms with Crippen LogP contribution in [0.25, 0.3) is 0 Å². The normalized spacial score (nSPS) is 11.6. The number of hydrogen-bond acceptors (Lipinski definition) is 5. The third kappa shape index (κ3) is 3.76. The van der Waals surface area contributed by atoms with Gasteiger partial charge in [-0.1, -0.05) is 11.3 Å². The molecule has 0 aliphatic carbocycles. The molecule has 0 saturated heterocycles. The predicted octanol–water partition coefficient (Wildman–Crippen LogP) is 2.09. The van der Waals surface area contributed by atoms with Crippen molar-refractivity contribution in [3.8, 4) is 0 Å². The number of nitrogens with zero attached hydrogens (tertiary/aromatic N) is 4. The molecule has 1 amide bonds. The average molecular weight is 305 g/mol. The summed E-state index contributed by atoms with van der Waals surface area (Å²) in [4.78, 5) is 11.6. The summed E-state index contributed by atoms with van der Waals surface area (Å²) < 4.78 is 38.5. The molecule has 6 nitrogen and oxygen atoms in total. The molecule has 0 aliphatic rings. The first-order chi connectivity index (χ1) is 9.34. The van der Waals surface area contributed by atoms with Gasteiger partial charge in [-0.15, -0.1) is 10.2 Å². The van der Waals surface area contributed by atoms with Crippen LogP contribution >= 0.6 is 11.3 Å². The van der Waals surface area contributed by atoms with Crippen molar-refractivity contribution < 1.29 is 18.0 Å². The van der Waals surface area contributed by atoms with Crippen molar-refractivity contribution in [3.63, 3.8) is 0 Å². The Balaban J connectivity index is 1.87. The van der Waals surface area contributed by atoms with E-state index in [0.717, 1.165) is 5.56 Å². The Morgan fingerprint density at radius 3 is 2.75 bits per heavy atom. The van der Waals surface area contributed by atoms with E-state index < -0.39 is 17.1 Å². The Morgan fingerprint density at radius 2 is 2.20 bits per heavy atom. The van der Waals surface area contributed by atoms with E-state index in [1.54, 1.807) is 17.1 Å². The highest BCUT2D eigenvalue weighted by Gasteiger charge is 2.35. The minimum Gasteiger partial charge on any atom is -0.300 e. The molecule has 1 N–H and O–H groups in total. The quantitative estimate of drug-likeness (QED) is 0.938. The van der Waals surface area contributed by atoms with Gasteiger partial charge in [-0.05, 0) is 12.5 Å². The van der Waals surface area contributed by atoms with E-state index in [2.05, 4.69) is 20.6 Å². The van der Waals surface area contributed by atoms with Gasteiger partial charge in [0.2, 0.25) is 16.0 Å². The van der Waals surface area contributed by atoms with Gasteiger partial charge in [0, 0.05) is 19.2 Å². The van der Waals surface area contributed by atoms with E-state index in [4.69, 9.17) is 0 Å². The van der Waals surface area contributed by atoms with E-state index in [0.29, 0.717) is 17.9 Å². The fourth-order valence-corrected chi connectivity index (χ4v) is 2.00. The van der Waals surface area contributed by atoms with Gasteiger partial charge in [0.05, 0.1) is 6.20 Å². The fraction of sp³-hybridized carbons (Fsp3) is 0.400. The molecule has 0 bridgehead atoms. The van der Waals surface area contributed by atoms with Crippen LogP contribution in [-0.4, -0.2) is 25.9 Å². The molecule has 2 heterocycles. The van der Waals surface area contributed by atoms with Crippen molar-refractivity contribution >= 4 is 22.4 Å². The molecule has 0 radical (unpaired) electrons. The smallest absolute Gasteiger partial charge is 0.300 e. The first kappa shape index (κ1) is 14.4. The molecular weight excluding hydrogens is 295 g/mol. The van der Waals surface area contributed by atoms with Gasteiger partial charge in [0.15, 0.2) is 0 Å². The molecule has 2 aromatic rings. The number of carbonyl (C=O) groups excluding carboxylic acids is 1. The molecule has 20 heavy (non-hydrogen) atoms. The topological polar surface area (TPSA) is 72.7 Å². The lowest BCUT2D eigenvalue weighted by Crippen LogP contribution is -2.14. The maximum Gasteiger partial charge on any atom is 0.445 e. The van der Waals surface area contributed by atoms with Crippen LogP contribution < -0.4 is 5.32 Å². The first-order valence-electron chi connectivity index (χ1n) is 5.54. The second kappa shape index (κ2) is 5.57. The maximum atomic E-state index is 12.3. The summed E-state index contributed by atoms with van der Waals surface area (Å²) >= 11 is 0.292. The van der Waals surface area contributed by atoms with Gasteiger partial charge < -0.3 is 5.32 Å². The molecule has 0 spiro atoms. The van der Waals surface area contributed by atoms with Crippen molar-refractivity contribution in [1.82, 2.24) is 20.0 Å². The number of carbonyl (C=O) groups is 1. The van der Waals surface area contributed by atoms with Crippen LogP contribution in [0.15, 0.2) is 12.4 Å². The lowest BCUT2D eigenvalue weighted by Gasteiger charge is -2.01. The van der Waals surface area contributed by atoms with Crippen molar-refractivity contribution in [2.45, 2.75) is 26.1 Å². The third-order valence-corrected chi connectivity index (χ3v) is 3.13. The molecule has 0 aromatic carbocycles. The van der Waals surface area contributed by atoms with Crippen LogP contribution in [0.2, 0.25) is 0 Å². The Labute approximate surface area is 115 Å². The number of halogens is 3. The standard InChI is InChI=1S/C10H10F3N5OS/c1-6-4-14-18(5-6)3-2-7(19)15-9-17-16-8(20-9)10(11,12)13/h4-5H,2-3H2,1H3,(H,15,17,19). The molecule has 0 unspecified atom stereocenters. The van der Waals surface area contributed by atoms with Crippen LogP contribution in [0, 0.1) is 6.92 Å². The van der Waals surface area contributed by atoms with Crippen LogP contribution in [0.4, 0.5) is 18.3 Å². The SMILES string of the molecule is Cc1cnn(CCC(=O)Nc2nnc(C(F)(F)F)s2)c1. The zero-order valence-corrected chi connectivity index (χ0v) is 11.1. The van der Waals surface area contributed by atoms with Crippen LogP contribution in [0.3, 0.4) is 0 Å². The number of nitrogens with one attached hydrogen (secondary N) is 1. The summed E-state index contributed by atoms with van der Waals surface area (Å²) in [5.74, 6) is -0.442. The Hall–Kier alpha value is -1.97. The number of aryl methyl sites for hydroxylation is 2. The number of amides is 1. The molecular formula is C10H10F3N5OS. The second-order valence-corrected chi connectivity index (χ2v) is 4.97. The van der Waals surface area contributed by atoms with E-state index in [-0.39, 0.29) is 11.6 Å². The lowest BCUT2D eigenvalue weighted by atomic mass is 10.4.